The number of hydrogen-bond donors (Lipinski definition) is 2. The van der Waals surface area contributed by atoms with Crippen LogP contribution in [-0.4, -0.2) is 58.8 Å². The number of halogens is 1. The molecule has 1 atom stereocenters. The number of hydrogen-bond acceptors (Lipinski definition) is 5. The molecule has 1 aliphatic heterocycles. The van der Waals surface area contributed by atoms with Crippen molar-refractivity contribution in [2.45, 2.75) is 26.4 Å². The maximum absolute atomic E-state index is 6.06. The Hall–Kier alpha value is -2.40. The average Bonchev–Trinajstić information content (AvgIpc) is 3.46. The zero-order chi connectivity index (χ0) is 20.8. The topological polar surface area (TPSA) is 91.6 Å². The number of aliphatic imine (C=N–C) groups is 1. The van der Waals surface area contributed by atoms with Crippen molar-refractivity contribution in [2.75, 3.05) is 32.8 Å². The number of benzene rings is 1. The van der Waals surface area contributed by atoms with Gasteiger partial charge >= 0.3 is 0 Å². The van der Waals surface area contributed by atoms with E-state index in [0.29, 0.717) is 31.2 Å². The van der Waals surface area contributed by atoms with Crippen molar-refractivity contribution in [3.63, 3.8) is 0 Å². The van der Waals surface area contributed by atoms with Crippen LogP contribution >= 0.6 is 24.0 Å². The number of nitrogens with zero attached hydrogens (tertiary/aromatic N) is 4. The summed E-state index contributed by atoms with van der Waals surface area (Å²) in [6, 6.07) is 12.1. The van der Waals surface area contributed by atoms with E-state index in [-0.39, 0.29) is 30.1 Å². The van der Waals surface area contributed by atoms with Crippen molar-refractivity contribution in [1.29, 1.82) is 0 Å². The highest BCUT2D eigenvalue weighted by Crippen LogP contribution is 2.25. The number of rotatable bonds is 6. The monoisotopic (exact) mass is 536 g/mol. The van der Waals surface area contributed by atoms with E-state index in [1.54, 1.807) is 6.26 Å². The molecule has 0 aliphatic carbocycles. The molecule has 1 aromatic carbocycles. The predicted octanol–water partition coefficient (Wildman–Crippen LogP) is 3.57. The molecular weight excluding hydrogens is 507 g/mol. The molecule has 3 aromatic rings. The third-order valence-corrected chi connectivity index (χ3v) is 5.12. The second-order valence-corrected chi connectivity index (χ2v) is 7.23. The second kappa shape index (κ2) is 11.3. The highest BCUT2D eigenvalue weighted by Gasteiger charge is 2.25. The summed E-state index contributed by atoms with van der Waals surface area (Å²) in [6.07, 6.45) is 2.34. The number of guanidine groups is 1. The molecule has 1 unspecified atom stereocenters. The molecule has 166 valence electrons. The van der Waals surface area contributed by atoms with Crippen LogP contribution in [-0.2, 0) is 11.2 Å². The van der Waals surface area contributed by atoms with Crippen molar-refractivity contribution < 1.29 is 9.15 Å². The van der Waals surface area contributed by atoms with E-state index >= 15 is 0 Å². The Kier molecular flexibility index (Phi) is 8.47. The Labute approximate surface area is 199 Å². The number of aromatic amines is 1. The van der Waals surface area contributed by atoms with Gasteiger partial charge in [0.2, 0.25) is 5.82 Å². The second-order valence-electron chi connectivity index (χ2n) is 7.23. The number of H-pyrrole nitrogens is 1. The van der Waals surface area contributed by atoms with Crippen molar-refractivity contribution in [3.05, 3.63) is 59.6 Å². The van der Waals surface area contributed by atoms with Crippen molar-refractivity contribution in [1.82, 2.24) is 25.4 Å². The summed E-state index contributed by atoms with van der Waals surface area (Å²) in [5, 5.41) is 10.6. The van der Waals surface area contributed by atoms with Crippen molar-refractivity contribution in [2.24, 2.45) is 4.99 Å². The molecule has 2 N–H and O–H groups in total. The molecular formula is C22H29IN6O2. The first-order chi connectivity index (χ1) is 14.7. The van der Waals surface area contributed by atoms with Crippen molar-refractivity contribution in [3.8, 4) is 11.6 Å². The molecule has 0 spiro atoms. The first kappa shape index (κ1) is 23.3. The summed E-state index contributed by atoms with van der Waals surface area (Å²) in [7, 11) is 0. The molecule has 31 heavy (non-hydrogen) atoms. The number of aromatic nitrogens is 3. The fraction of sp³-hybridized carbons (Fsp3) is 0.409. The zero-order valence-electron chi connectivity index (χ0n) is 17.9. The van der Waals surface area contributed by atoms with Gasteiger partial charge < -0.3 is 19.4 Å². The van der Waals surface area contributed by atoms with E-state index in [1.165, 1.54) is 11.1 Å². The highest BCUT2D eigenvalue weighted by molar-refractivity contribution is 14.0. The summed E-state index contributed by atoms with van der Waals surface area (Å²) in [5.41, 5.74) is 2.49. The van der Waals surface area contributed by atoms with Gasteiger partial charge in [0.15, 0.2) is 11.7 Å². The molecule has 0 amide bonds. The summed E-state index contributed by atoms with van der Waals surface area (Å²) in [5.74, 6) is 2.93. The van der Waals surface area contributed by atoms with Crippen LogP contribution in [0.3, 0.4) is 0 Å². The zero-order valence-corrected chi connectivity index (χ0v) is 20.2. The van der Waals surface area contributed by atoms with Crippen molar-refractivity contribution >= 4 is 29.9 Å². The molecule has 1 fully saturated rings. The minimum absolute atomic E-state index is 0. The van der Waals surface area contributed by atoms with Gasteiger partial charge in [0.25, 0.3) is 0 Å². The van der Waals surface area contributed by atoms with E-state index in [0.717, 1.165) is 31.4 Å². The maximum atomic E-state index is 6.06. The summed E-state index contributed by atoms with van der Waals surface area (Å²) < 4.78 is 11.4. The Balaban J connectivity index is 0.00000272. The Morgan fingerprint density at radius 1 is 1.29 bits per heavy atom. The summed E-state index contributed by atoms with van der Waals surface area (Å²) >= 11 is 0. The summed E-state index contributed by atoms with van der Waals surface area (Å²) in [4.78, 5) is 11.6. The van der Waals surface area contributed by atoms with Gasteiger partial charge in [0.1, 0.15) is 11.9 Å². The lowest BCUT2D eigenvalue weighted by molar-refractivity contribution is -0.00832. The van der Waals surface area contributed by atoms with Crippen LogP contribution in [0.15, 0.2) is 52.1 Å². The Morgan fingerprint density at radius 3 is 2.94 bits per heavy atom. The quantitative estimate of drug-likeness (QED) is 0.285. The maximum Gasteiger partial charge on any atom is 0.216 e. The third kappa shape index (κ3) is 5.85. The van der Waals surface area contributed by atoms with Gasteiger partial charge in [-0.05, 0) is 37.1 Å². The highest BCUT2D eigenvalue weighted by atomic mass is 127. The minimum Gasteiger partial charge on any atom is -0.461 e. The van der Waals surface area contributed by atoms with E-state index in [1.807, 2.05) is 12.1 Å². The first-order valence-corrected chi connectivity index (χ1v) is 10.4. The largest absolute Gasteiger partial charge is 0.461 e. The number of furan rings is 1. The van der Waals surface area contributed by atoms with E-state index in [2.05, 4.69) is 63.5 Å². The minimum atomic E-state index is 0. The van der Waals surface area contributed by atoms with E-state index in [9.17, 15) is 0 Å². The van der Waals surface area contributed by atoms with E-state index < -0.39 is 0 Å². The van der Waals surface area contributed by atoms with Gasteiger partial charge in [0, 0.05) is 26.1 Å². The van der Waals surface area contributed by atoms with Crippen LogP contribution in [0.4, 0.5) is 0 Å². The SMILES string of the molecule is CCNC(=NCCc1nc(-c2ccco2)n[nH]1)N1CCOC(c2ccccc2C)C1.I. The lowest BCUT2D eigenvalue weighted by Gasteiger charge is -2.35. The fourth-order valence-corrected chi connectivity index (χ4v) is 3.59. The van der Waals surface area contributed by atoms with Crippen LogP contribution in [0.25, 0.3) is 11.6 Å². The standard InChI is InChI=1S/C22H28N6O2.HI/c1-3-23-22(24-11-10-20-25-21(27-26-20)18-9-6-13-29-18)28-12-14-30-19(15-28)17-8-5-4-7-16(17)2;/h4-9,13,19H,3,10-12,14-15H2,1-2H3,(H,23,24)(H,25,26,27);1H. The smallest absolute Gasteiger partial charge is 0.216 e. The predicted molar refractivity (Wildman–Crippen MR) is 131 cm³/mol. The fourth-order valence-electron chi connectivity index (χ4n) is 3.59. The number of ether oxygens (including phenoxy) is 1. The molecule has 3 heterocycles. The van der Waals surface area contributed by atoms with Crippen LogP contribution in [0.1, 0.15) is 30.0 Å². The number of nitrogens with one attached hydrogen (secondary N) is 2. The van der Waals surface area contributed by atoms with Crippen LogP contribution < -0.4 is 5.32 Å². The molecule has 9 heteroatoms. The van der Waals surface area contributed by atoms with Crippen LogP contribution in [0.2, 0.25) is 0 Å². The lowest BCUT2D eigenvalue weighted by atomic mass is 10.0. The molecule has 0 bridgehead atoms. The summed E-state index contributed by atoms with van der Waals surface area (Å²) in [6.45, 7) is 7.92. The average molecular weight is 536 g/mol. The number of aryl methyl sites for hydroxylation is 1. The Morgan fingerprint density at radius 2 is 2.16 bits per heavy atom. The van der Waals surface area contributed by atoms with E-state index in [4.69, 9.17) is 14.1 Å². The van der Waals surface area contributed by atoms with Gasteiger partial charge in [0.05, 0.1) is 19.4 Å². The van der Waals surface area contributed by atoms with Gasteiger partial charge in [-0.1, -0.05) is 24.3 Å². The van der Waals surface area contributed by atoms with Gasteiger partial charge in [-0.2, -0.15) is 5.10 Å². The van der Waals surface area contributed by atoms with Gasteiger partial charge in [-0.3, -0.25) is 10.1 Å². The Bertz CT molecular complexity index is 972. The van der Waals surface area contributed by atoms with Crippen LogP contribution in [0.5, 0.6) is 0 Å². The molecule has 4 rings (SSSR count). The van der Waals surface area contributed by atoms with Gasteiger partial charge in [-0.25, -0.2) is 4.98 Å². The lowest BCUT2D eigenvalue weighted by Crippen LogP contribution is -2.48. The third-order valence-electron chi connectivity index (χ3n) is 5.12. The molecule has 8 nitrogen and oxygen atoms in total. The van der Waals surface area contributed by atoms with Crippen LogP contribution in [0, 0.1) is 6.92 Å². The normalized spacial score (nSPS) is 16.8. The van der Waals surface area contributed by atoms with Gasteiger partial charge in [-0.15, -0.1) is 24.0 Å². The molecule has 2 aromatic heterocycles. The number of morpholine rings is 1. The molecule has 0 radical (unpaired) electrons. The molecule has 0 saturated carbocycles. The molecule has 1 aliphatic rings. The molecule has 1 saturated heterocycles. The first-order valence-electron chi connectivity index (χ1n) is 10.4.